The average Bonchev–Trinajstić information content (AvgIpc) is 2.94. The van der Waals surface area contributed by atoms with Crippen LogP contribution in [0.4, 0.5) is 11.4 Å². The van der Waals surface area contributed by atoms with Crippen molar-refractivity contribution in [3.05, 3.63) is 24.3 Å². The molecule has 2 fully saturated rings. The van der Waals surface area contributed by atoms with Gasteiger partial charge in [0.05, 0.1) is 0 Å². The molecule has 2 aliphatic carbocycles. The molecule has 0 radical (unpaired) electrons. The van der Waals surface area contributed by atoms with Crippen LogP contribution in [0.15, 0.2) is 24.3 Å². The number of amides is 1. The van der Waals surface area contributed by atoms with Crippen molar-refractivity contribution in [2.24, 2.45) is 17.8 Å². The number of hydrogen-bond donors (Lipinski definition) is 2. The van der Waals surface area contributed by atoms with Crippen LogP contribution in [0.3, 0.4) is 0 Å². The first-order valence-corrected chi connectivity index (χ1v) is 6.86. The number of rotatable bonds is 3. The van der Waals surface area contributed by atoms with E-state index in [1.807, 2.05) is 24.3 Å². The zero-order valence-corrected chi connectivity index (χ0v) is 10.6. The van der Waals surface area contributed by atoms with Crippen molar-refractivity contribution in [2.75, 3.05) is 11.1 Å². The standard InChI is InChI=1S/C15H20N2O/c16-13-3-5-14(6-4-13)17-15(18)9-12-8-10-1-2-11(12)7-10/h3-6,10-12H,1-2,7-9,16H2,(H,17,18). The summed E-state index contributed by atoms with van der Waals surface area (Å²) in [7, 11) is 0. The third-order valence-corrected chi connectivity index (χ3v) is 4.53. The van der Waals surface area contributed by atoms with E-state index in [2.05, 4.69) is 5.32 Å². The summed E-state index contributed by atoms with van der Waals surface area (Å²) in [5, 5.41) is 2.96. The second-order valence-corrected chi connectivity index (χ2v) is 5.81. The van der Waals surface area contributed by atoms with Crippen LogP contribution in [0.2, 0.25) is 0 Å². The molecule has 3 unspecified atom stereocenters. The van der Waals surface area contributed by atoms with Crippen LogP contribution in [0, 0.1) is 17.8 Å². The number of carbonyl (C=O) groups excluding carboxylic acids is 1. The molecule has 0 heterocycles. The molecule has 3 heteroatoms. The summed E-state index contributed by atoms with van der Waals surface area (Å²) >= 11 is 0. The number of nitrogens with one attached hydrogen (secondary N) is 1. The summed E-state index contributed by atoms with van der Waals surface area (Å²) < 4.78 is 0. The Kier molecular flexibility index (Phi) is 2.98. The van der Waals surface area contributed by atoms with Gasteiger partial charge in [0.15, 0.2) is 0 Å². The Morgan fingerprint density at radius 3 is 2.61 bits per heavy atom. The van der Waals surface area contributed by atoms with E-state index in [1.54, 1.807) is 0 Å². The van der Waals surface area contributed by atoms with E-state index in [1.165, 1.54) is 25.7 Å². The van der Waals surface area contributed by atoms with E-state index >= 15 is 0 Å². The van der Waals surface area contributed by atoms with Crippen molar-refractivity contribution in [1.29, 1.82) is 0 Å². The van der Waals surface area contributed by atoms with Crippen LogP contribution in [0.5, 0.6) is 0 Å². The van der Waals surface area contributed by atoms with Gasteiger partial charge in [-0.1, -0.05) is 6.42 Å². The van der Waals surface area contributed by atoms with E-state index in [4.69, 9.17) is 5.73 Å². The molecule has 0 aliphatic heterocycles. The van der Waals surface area contributed by atoms with Crippen LogP contribution < -0.4 is 11.1 Å². The molecule has 0 saturated heterocycles. The van der Waals surface area contributed by atoms with Gasteiger partial charge in [-0.25, -0.2) is 0 Å². The van der Waals surface area contributed by atoms with Gasteiger partial charge in [0.2, 0.25) is 5.91 Å². The zero-order valence-electron chi connectivity index (χ0n) is 10.6. The topological polar surface area (TPSA) is 55.1 Å². The molecule has 1 aromatic rings. The number of nitrogen functional groups attached to an aromatic ring is 1. The molecule has 1 aromatic carbocycles. The Labute approximate surface area is 108 Å². The highest BCUT2D eigenvalue weighted by molar-refractivity contribution is 5.91. The number of fused-ring (bicyclic) bond motifs is 2. The molecular weight excluding hydrogens is 224 g/mol. The maximum absolute atomic E-state index is 12.0. The van der Waals surface area contributed by atoms with Crippen LogP contribution >= 0.6 is 0 Å². The van der Waals surface area contributed by atoms with Gasteiger partial charge in [0.25, 0.3) is 0 Å². The van der Waals surface area contributed by atoms with Gasteiger partial charge >= 0.3 is 0 Å². The molecule has 3 rings (SSSR count). The largest absolute Gasteiger partial charge is 0.399 e. The minimum atomic E-state index is 0.150. The Balaban J connectivity index is 1.54. The molecular formula is C15H20N2O. The van der Waals surface area contributed by atoms with Crippen LogP contribution in [0.1, 0.15) is 32.1 Å². The second kappa shape index (κ2) is 4.63. The quantitative estimate of drug-likeness (QED) is 0.803. The fourth-order valence-corrected chi connectivity index (χ4v) is 3.64. The molecule has 3 atom stereocenters. The minimum absolute atomic E-state index is 0.150. The van der Waals surface area contributed by atoms with Crippen molar-refractivity contribution in [1.82, 2.24) is 0 Å². The van der Waals surface area contributed by atoms with Crippen LogP contribution in [0.25, 0.3) is 0 Å². The number of anilines is 2. The summed E-state index contributed by atoms with van der Waals surface area (Å²) in [6.07, 6.45) is 6.04. The normalized spacial score (nSPS) is 29.4. The lowest BCUT2D eigenvalue weighted by Crippen LogP contribution is -2.20. The number of nitrogens with two attached hydrogens (primary N) is 1. The summed E-state index contributed by atoms with van der Waals surface area (Å²) in [5.41, 5.74) is 7.19. The first kappa shape index (κ1) is 11.6. The third kappa shape index (κ3) is 2.35. The number of hydrogen-bond acceptors (Lipinski definition) is 2. The number of carbonyl (C=O) groups is 1. The van der Waals surface area contributed by atoms with Gasteiger partial charge in [-0.3, -0.25) is 4.79 Å². The predicted molar refractivity (Wildman–Crippen MR) is 73.0 cm³/mol. The maximum Gasteiger partial charge on any atom is 0.224 e. The lowest BCUT2D eigenvalue weighted by atomic mass is 9.86. The van der Waals surface area contributed by atoms with Gasteiger partial charge < -0.3 is 11.1 Å². The molecule has 3 nitrogen and oxygen atoms in total. The summed E-state index contributed by atoms with van der Waals surface area (Å²) in [6, 6.07) is 7.34. The van der Waals surface area contributed by atoms with Gasteiger partial charge in [0, 0.05) is 17.8 Å². The summed E-state index contributed by atoms with van der Waals surface area (Å²) in [5.74, 6) is 2.49. The van der Waals surface area contributed by atoms with Crippen molar-refractivity contribution >= 4 is 17.3 Å². The Morgan fingerprint density at radius 2 is 2.00 bits per heavy atom. The SMILES string of the molecule is Nc1ccc(NC(=O)CC2CC3CCC2C3)cc1. The number of benzene rings is 1. The second-order valence-electron chi connectivity index (χ2n) is 5.81. The van der Waals surface area contributed by atoms with Crippen molar-refractivity contribution < 1.29 is 4.79 Å². The monoisotopic (exact) mass is 244 g/mol. The maximum atomic E-state index is 12.0. The summed E-state index contributed by atoms with van der Waals surface area (Å²) in [6.45, 7) is 0. The van der Waals surface area contributed by atoms with Crippen molar-refractivity contribution in [3.8, 4) is 0 Å². The van der Waals surface area contributed by atoms with Gasteiger partial charge in [-0.2, -0.15) is 0 Å². The third-order valence-electron chi connectivity index (χ3n) is 4.53. The van der Waals surface area contributed by atoms with Crippen molar-refractivity contribution in [3.63, 3.8) is 0 Å². The molecule has 2 aliphatic rings. The Hall–Kier alpha value is -1.51. The minimum Gasteiger partial charge on any atom is -0.399 e. The van der Waals surface area contributed by atoms with E-state index in [9.17, 15) is 4.79 Å². The Morgan fingerprint density at radius 1 is 1.22 bits per heavy atom. The fraction of sp³-hybridized carbons (Fsp3) is 0.533. The van der Waals surface area contributed by atoms with Crippen LogP contribution in [-0.4, -0.2) is 5.91 Å². The summed E-state index contributed by atoms with van der Waals surface area (Å²) in [4.78, 5) is 12.0. The smallest absolute Gasteiger partial charge is 0.224 e. The van der Waals surface area contributed by atoms with E-state index in [0.717, 1.165) is 23.2 Å². The molecule has 18 heavy (non-hydrogen) atoms. The highest BCUT2D eigenvalue weighted by atomic mass is 16.1. The highest BCUT2D eigenvalue weighted by Gasteiger charge is 2.40. The van der Waals surface area contributed by atoms with Crippen LogP contribution in [-0.2, 0) is 4.79 Å². The molecule has 96 valence electrons. The first-order chi connectivity index (χ1) is 8.70. The zero-order chi connectivity index (χ0) is 12.5. The van der Waals surface area contributed by atoms with E-state index in [0.29, 0.717) is 12.3 Å². The van der Waals surface area contributed by atoms with Crippen molar-refractivity contribution in [2.45, 2.75) is 32.1 Å². The fourth-order valence-electron chi connectivity index (χ4n) is 3.64. The molecule has 2 saturated carbocycles. The predicted octanol–water partition coefficient (Wildman–Crippen LogP) is 3.03. The molecule has 0 spiro atoms. The molecule has 0 aromatic heterocycles. The average molecular weight is 244 g/mol. The molecule has 3 N–H and O–H groups in total. The highest BCUT2D eigenvalue weighted by Crippen LogP contribution is 2.49. The molecule has 1 amide bonds. The molecule has 2 bridgehead atoms. The van der Waals surface area contributed by atoms with E-state index in [-0.39, 0.29) is 5.91 Å². The van der Waals surface area contributed by atoms with Gasteiger partial charge in [-0.05, 0) is 61.3 Å². The van der Waals surface area contributed by atoms with E-state index < -0.39 is 0 Å². The Bertz CT molecular complexity index is 440. The lowest BCUT2D eigenvalue weighted by Gasteiger charge is -2.20. The van der Waals surface area contributed by atoms with Gasteiger partial charge in [-0.15, -0.1) is 0 Å². The lowest BCUT2D eigenvalue weighted by molar-refractivity contribution is -0.117. The van der Waals surface area contributed by atoms with Gasteiger partial charge in [0.1, 0.15) is 0 Å². The first-order valence-electron chi connectivity index (χ1n) is 6.86.